The van der Waals surface area contributed by atoms with Crippen molar-refractivity contribution in [2.45, 2.75) is 20.3 Å². The summed E-state index contributed by atoms with van der Waals surface area (Å²) in [7, 11) is 0. The van der Waals surface area contributed by atoms with Gasteiger partial charge in [0, 0.05) is 18.4 Å². The molecule has 1 fully saturated rings. The normalized spacial score (nSPS) is 20.4. The smallest absolute Gasteiger partial charge is 0.257 e. The number of amides is 1. The van der Waals surface area contributed by atoms with Crippen LogP contribution in [-0.2, 0) is 0 Å². The first-order chi connectivity index (χ1) is 7.61. The molecule has 1 unspecified atom stereocenters. The van der Waals surface area contributed by atoms with Crippen molar-refractivity contribution in [2.24, 2.45) is 5.92 Å². The van der Waals surface area contributed by atoms with Crippen LogP contribution >= 0.6 is 15.9 Å². The zero-order valence-corrected chi connectivity index (χ0v) is 11.2. The van der Waals surface area contributed by atoms with Crippen molar-refractivity contribution >= 4 is 21.8 Å². The Balaban J connectivity index is 2.11. The fourth-order valence-electron chi connectivity index (χ4n) is 2.16. The monoisotopic (exact) mass is 285 g/mol. The Bertz CT molecular complexity index is 400. The molecule has 88 valence electrons. The predicted octanol–water partition coefficient (Wildman–Crippen LogP) is 2.75. The first-order valence-electron chi connectivity index (χ1n) is 5.54. The van der Waals surface area contributed by atoms with Crippen LogP contribution in [-0.4, -0.2) is 29.2 Å². The number of rotatable bonds is 2. The lowest BCUT2D eigenvalue weighted by atomic mass is 10.2. The number of aryl methyl sites for hydroxylation is 2. The number of carbonyl (C=O) groups excluding carboxylic acids is 1. The highest BCUT2D eigenvalue weighted by Gasteiger charge is 2.27. The van der Waals surface area contributed by atoms with Crippen LogP contribution in [0.2, 0.25) is 0 Å². The van der Waals surface area contributed by atoms with Crippen molar-refractivity contribution in [1.29, 1.82) is 0 Å². The van der Waals surface area contributed by atoms with E-state index in [9.17, 15) is 4.79 Å². The highest BCUT2D eigenvalue weighted by Crippen LogP contribution is 2.22. The number of hydrogen-bond acceptors (Lipinski definition) is 2. The average Bonchev–Trinajstić information content (AvgIpc) is 2.84. The summed E-state index contributed by atoms with van der Waals surface area (Å²) in [5, 5.41) is 0.972. The summed E-state index contributed by atoms with van der Waals surface area (Å²) in [6.07, 6.45) is 1.09. The number of halogens is 1. The number of nitrogens with zero attached hydrogens (tertiary/aromatic N) is 1. The summed E-state index contributed by atoms with van der Waals surface area (Å²) in [6.45, 7) is 5.43. The molecule has 2 rings (SSSR count). The average molecular weight is 286 g/mol. The topological polar surface area (TPSA) is 33.5 Å². The van der Waals surface area contributed by atoms with Crippen molar-refractivity contribution in [3.8, 4) is 0 Å². The molecule has 16 heavy (non-hydrogen) atoms. The Morgan fingerprint density at radius 2 is 2.38 bits per heavy atom. The van der Waals surface area contributed by atoms with Crippen LogP contribution in [0.25, 0.3) is 0 Å². The number of likely N-dealkylation sites (tertiary alicyclic amines) is 1. The molecular weight excluding hydrogens is 270 g/mol. The van der Waals surface area contributed by atoms with Crippen LogP contribution in [0, 0.1) is 19.8 Å². The summed E-state index contributed by atoms with van der Waals surface area (Å²) >= 11 is 3.47. The third-order valence-electron chi connectivity index (χ3n) is 3.06. The van der Waals surface area contributed by atoms with E-state index in [1.54, 1.807) is 0 Å². The molecule has 1 aromatic rings. The maximum absolute atomic E-state index is 12.2. The van der Waals surface area contributed by atoms with Crippen LogP contribution in [0.3, 0.4) is 0 Å². The van der Waals surface area contributed by atoms with Crippen molar-refractivity contribution in [3.63, 3.8) is 0 Å². The van der Waals surface area contributed by atoms with Gasteiger partial charge in [0.15, 0.2) is 0 Å². The fraction of sp³-hybridized carbons (Fsp3) is 0.583. The van der Waals surface area contributed by atoms with Crippen LogP contribution in [0.15, 0.2) is 10.5 Å². The summed E-state index contributed by atoms with van der Waals surface area (Å²) in [5.74, 6) is 2.23. The highest BCUT2D eigenvalue weighted by molar-refractivity contribution is 9.09. The van der Waals surface area contributed by atoms with E-state index in [0.717, 1.165) is 36.4 Å². The van der Waals surface area contributed by atoms with Gasteiger partial charge in [-0.1, -0.05) is 15.9 Å². The Morgan fingerprint density at radius 1 is 1.62 bits per heavy atom. The number of furan rings is 1. The Hall–Kier alpha value is -0.770. The van der Waals surface area contributed by atoms with Gasteiger partial charge in [0.1, 0.15) is 11.5 Å². The molecule has 0 N–H and O–H groups in total. The lowest BCUT2D eigenvalue weighted by molar-refractivity contribution is 0.0786. The third kappa shape index (κ3) is 2.17. The van der Waals surface area contributed by atoms with E-state index in [1.807, 2.05) is 24.8 Å². The van der Waals surface area contributed by atoms with Crippen molar-refractivity contribution in [3.05, 3.63) is 23.2 Å². The van der Waals surface area contributed by atoms with Gasteiger partial charge in [-0.3, -0.25) is 4.79 Å². The van der Waals surface area contributed by atoms with Gasteiger partial charge < -0.3 is 9.32 Å². The maximum Gasteiger partial charge on any atom is 0.257 e. The minimum Gasteiger partial charge on any atom is -0.466 e. The van der Waals surface area contributed by atoms with E-state index in [1.165, 1.54) is 0 Å². The maximum atomic E-state index is 12.2. The van der Waals surface area contributed by atoms with Gasteiger partial charge in [-0.15, -0.1) is 0 Å². The Kier molecular flexibility index (Phi) is 3.38. The molecular formula is C12H16BrNO2. The van der Waals surface area contributed by atoms with Crippen LogP contribution in [0.5, 0.6) is 0 Å². The standard InChI is InChI=1S/C12H16BrNO2/c1-8-5-11(9(2)16-8)12(15)14-4-3-10(6-13)7-14/h5,10H,3-4,6-7H2,1-2H3. The summed E-state index contributed by atoms with van der Waals surface area (Å²) in [5.41, 5.74) is 0.715. The van der Waals surface area contributed by atoms with Crippen LogP contribution < -0.4 is 0 Å². The van der Waals surface area contributed by atoms with Gasteiger partial charge in [-0.2, -0.15) is 0 Å². The van der Waals surface area contributed by atoms with Crippen molar-refractivity contribution in [1.82, 2.24) is 4.90 Å². The van der Waals surface area contributed by atoms with Crippen molar-refractivity contribution in [2.75, 3.05) is 18.4 Å². The zero-order valence-electron chi connectivity index (χ0n) is 9.62. The highest BCUT2D eigenvalue weighted by atomic mass is 79.9. The first kappa shape index (κ1) is 11.7. The second kappa shape index (κ2) is 4.62. The SMILES string of the molecule is Cc1cc(C(=O)N2CCC(CBr)C2)c(C)o1. The fourth-order valence-corrected chi connectivity index (χ4v) is 2.69. The number of alkyl halides is 1. The molecule has 1 aliphatic heterocycles. The van der Waals surface area contributed by atoms with Gasteiger partial charge in [-0.05, 0) is 32.3 Å². The molecule has 1 amide bonds. The molecule has 0 saturated carbocycles. The lowest BCUT2D eigenvalue weighted by Gasteiger charge is -2.15. The molecule has 2 heterocycles. The minimum atomic E-state index is 0.109. The summed E-state index contributed by atoms with van der Waals surface area (Å²) in [4.78, 5) is 14.1. The van der Waals surface area contributed by atoms with Gasteiger partial charge >= 0.3 is 0 Å². The molecule has 1 saturated heterocycles. The summed E-state index contributed by atoms with van der Waals surface area (Å²) < 4.78 is 5.39. The van der Waals surface area contributed by atoms with E-state index in [4.69, 9.17) is 4.42 Å². The first-order valence-corrected chi connectivity index (χ1v) is 6.66. The Labute approximate surface area is 104 Å². The van der Waals surface area contributed by atoms with Crippen LogP contribution in [0.4, 0.5) is 0 Å². The molecule has 3 nitrogen and oxygen atoms in total. The van der Waals surface area contributed by atoms with E-state index in [0.29, 0.717) is 11.5 Å². The quantitative estimate of drug-likeness (QED) is 0.783. The number of carbonyl (C=O) groups is 1. The molecule has 0 aromatic carbocycles. The van der Waals surface area contributed by atoms with Crippen molar-refractivity contribution < 1.29 is 9.21 Å². The summed E-state index contributed by atoms with van der Waals surface area (Å²) in [6, 6.07) is 1.83. The molecule has 1 aliphatic rings. The van der Waals surface area contributed by atoms with Gasteiger partial charge in [-0.25, -0.2) is 0 Å². The lowest BCUT2D eigenvalue weighted by Crippen LogP contribution is -2.29. The molecule has 0 radical (unpaired) electrons. The van der Waals surface area contributed by atoms with E-state index in [2.05, 4.69) is 15.9 Å². The second-order valence-corrected chi connectivity index (χ2v) is 5.03. The molecule has 0 bridgehead atoms. The molecule has 1 atom stereocenters. The number of hydrogen-bond donors (Lipinski definition) is 0. The predicted molar refractivity (Wildman–Crippen MR) is 66.0 cm³/mol. The van der Waals surface area contributed by atoms with E-state index in [-0.39, 0.29) is 5.91 Å². The van der Waals surface area contributed by atoms with Gasteiger partial charge in [0.2, 0.25) is 0 Å². The van der Waals surface area contributed by atoms with Gasteiger partial charge in [0.25, 0.3) is 5.91 Å². The molecule has 0 spiro atoms. The third-order valence-corrected chi connectivity index (χ3v) is 3.98. The van der Waals surface area contributed by atoms with Gasteiger partial charge in [0.05, 0.1) is 5.56 Å². The molecule has 1 aromatic heterocycles. The molecule has 4 heteroatoms. The minimum absolute atomic E-state index is 0.109. The Morgan fingerprint density at radius 3 is 2.88 bits per heavy atom. The largest absolute Gasteiger partial charge is 0.466 e. The van der Waals surface area contributed by atoms with Crippen LogP contribution in [0.1, 0.15) is 28.3 Å². The van der Waals surface area contributed by atoms with E-state index < -0.39 is 0 Å². The zero-order chi connectivity index (χ0) is 11.7. The van der Waals surface area contributed by atoms with E-state index >= 15 is 0 Å². The molecule has 0 aliphatic carbocycles. The second-order valence-electron chi connectivity index (χ2n) is 4.39.